The van der Waals surface area contributed by atoms with E-state index in [4.69, 9.17) is 20.3 Å². The summed E-state index contributed by atoms with van der Waals surface area (Å²) in [5, 5.41) is 13.0. The molecule has 11 heteroatoms. The Morgan fingerprint density at radius 3 is 2.27 bits per heavy atom. The molecule has 0 bridgehead atoms. The van der Waals surface area contributed by atoms with Gasteiger partial charge in [-0.3, -0.25) is 19.2 Å². The quantitative estimate of drug-likeness (QED) is 0.174. The lowest BCUT2D eigenvalue weighted by Crippen LogP contribution is -2.49. The second kappa shape index (κ2) is 15.4. The van der Waals surface area contributed by atoms with E-state index in [1.807, 2.05) is 13.8 Å². The van der Waals surface area contributed by atoms with Crippen molar-refractivity contribution in [3.05, 3.63) is 0 Å². The third-order valence-corrected chi connectivity index (χ3v) is 3.21. The van der Waals surface area contributed by atoms with Gasteiger partial charge in [0.1, 0.15) is 18.6 Å². The molecule has 3 unspecified atom stereocenters. The minimum atomic E-state index is -1.21. The molecule has 0 aromatic heterocycles. The Hall–Kier alpha value is -1.85. The number of rotatable bonds is 11. The highest BCUT2D eigenvalue weighted by Crippen LogP contribution is 2.01. The summed E-state index contributed by atoms with van der Waals surface area (Å²) in [6.45, 7) is 4.96. The highest BCUT2D eigenvalue weighted by atomic mass is 32.1. The Morgan fingerprint density at radius 2 is 1.81 bits per heavy atom. The van der Waals surface area contributed by atoms with E-state index in [0.717, 1.165) is 0 Å². The largest absolute Gasteiger partial charge is 0.480 e. The van der Waals surface area contributed by atoms with Gasteiger partial charge in [-0.05, 0) is 13.3 Å². The van der Waals surface area contributed by atoms with E-state index < -0.39 is 48.7 Å². The van der Waals surface area contributed by atoms with Crippen LogP contribution in [-0.2, 0) is 28.7 Å². The highest BCUT2D eigenvalue weighted by Gasteiger charge is 2.22. The molecule has 0 spiro atoms. The lowest BCUT2D eigenvalue weighted by atomic mass is 10.1. The van der Waals surface area contributed by atoms with Crippen molar-refractivity contribution in [3.63, 3.8) is 0 Å². The maximum atomic E-state index is 11.8. The van der Waals surface area contributed by atoms with Crippen molar-refractivity contribution < 1.29 is 33.8 Å². The fraction of sp³-hybridized carbons (Fsp3) is 0.733. The maximum absolute atomic E-state index is 11.8. The predicted octanol–water partition coefficient (Wildman–Crippen LogP) is -0.729. The third-order valence-electron chi connectivity index (χ3n) is 2.85. The summed E-state index contributed by atoms with van der Waals surface area (Å²) in [5.74, 6) is -3.12. The SMILES string of the molecule is CC.COC(C)OC(=O)C(N)CCC(=O)NC(CS)C(=O)NCC(=O)O. The summed E-state index contributed by atoms with van der Waals surface area (Å²) in [4.78, 5) is 45.4. The van der Waals surface area contributed by atoms with Crippen molar-refractivity contribution in [2.45, 2.75) is 52.0 Å². The van der Waals surface area contributed by atoms with Crippen LogP contribution in [-0.4, -0.2) is 66.6 Å². The number of methoxy groups -OCH3 is 1. The van der Waals surface area contributed by atoms with Gasteiger partial charge in [-0.15, -0.1) is 0 Å². The Balaban J connectivity index is 0. The molecule has 0 saturated carbocycles. The molecular formula is C15H29N3O7S. The molecule has 0 aliphatic heterocycles. The van der Waals surface area contributed by atoms with E-state index >= 15 is 0 Å². The third kappa shape index (κ3) is 12.5. The van der Waals surface area contributed by atoms with Crippen molar-refractivity contribution in [2.24, 2.45) is 5.73 Å². The van der Waals surface area contributed by atoms with Crippen molar-refractivity contribution >= 4 is 36.4 Å². The van der Waals surface area contributed by atoms with Gasteiger partial charge in [-0.25, -0.2) is 0 Å². The van der Waals surface area contributed by atoms with Crippen molar-refractivity contribution in [3.8, 4) is 0 Å². The van der Waals surface area contributed by atoms with Gasteiger partial charge in [0.05, 0.1) is 0 Å². The average molecular weight is 395 g/mol. The number of nitrogens with one attached hydrogen (secondary N) is 2. The number of carbonyl (C=O) groups excluding carboxylic acids is 3. The predicted molar refractivity (Wildman–Crippen MR) is 97.5 cm³/mol. The molecule has 0 heterocycles. The van der Waals surface area contributed by atoms with Crippen LogP contribution in [0.1, 0.15) is 33.6 Å². The molecule has 0 aliphatic carbocycles. The highest BCUT2D eigenvalue weighted by molar-refractivity contribution is 7.80. The van der Waals surface area contributed by atoms with Crippen molar-refractivity contribution in [1.29, 1.82) is 0 Å². The number of carboxylic acid groups (broad SMARTS) is 1. The second-order valence-electron chi connectivity index (χ2n) is 4.80. The van der Waals surface area contributed by atoms with Crippen LogP contribution in [0.4, 0.5) is 0 Å². The van der Waals surface area contributed by atoms with Gasteiger partial charge in [-0.2, -0.15) is 12.6 Å². The number of hydrogen-bond donors (Lipinski definition) is 5. The van der Waals surface area contributed by atoms with E-state index in [2.05, 4.69) is 23.3 Å². The molecule has 152 valence electrons. The molecule has 0 rings (SSSR count). The van der Waals surface area contributed by atoms with E-state index in [1.54, 1.807) is 0 Å². The van der Waals surface area contributed by atoms with Gasteiger partial charge in [0.15, 0.2) is 6.29 Å². The van der Waals surface area contributed by atoms with Gasteiger partial charge in [0.2, 0.25) is 11.8 Å². The molecule has 0 fully saturated rings. The molecule has 0 aliphatic rings. The number of nitrogens with two attached hydrogens (primary N) is 1. The van der Waals surface area contributed by atoms with Crippen LogP contribution in [0.15, 0.2) is 0 Å². The Morgan fingerprint density at radius 1 is 1.23 bits per heavy atom. The number of amides is 2. The number of aliphatic carboxylic acids is 1. The molecule has 10 nitrogen and oxygen atoms in total. The average Bonchev–Trinajstić information content (AvgIpc) is 2.63. The first-order valence-corrected chi connectivity index (χ1v) is 8.73. The molecule has 0 aromatic rings. The number of thiol groups is 1. The van der Waals surface area contributed by atoms with E-state index in [0.29, 0.717) is 0 Å². The number of hydrogen-bond acceptors (Lipinski definition) is 8. The van der Waals surface area contributed by atoms with E-state index in [9.17, 15) is 19.2 Å². The second-order valence-corrected chi connectivity index (χ2v) is 5.16. The zero-order valence-electron chi connectivity index (χ0n) is 15.5. The summed E-state index contributed by atoms with van der Waals surface area (Å²) < 4.78 is 9.60. The molecule has 0 radical (unpaired) electrons. The summed E-state index contributed by atoms with van der Waals surface area (Å²) in [6, 6.07) is -2.00. The lowest BCUT2D eigenvalue weighted by Gasteiger charge is -2.17. The Labute approximate surface area is 158 Å². The normalized spacial score (nSPS) is 13.3. The molecule has 0 saturated heterocycles. The van der Waals surface area contributed by atoms with Crippen LogP contribution < -0.4 is 16.4 Å². The standard InChI is InChI=1S/C13H23N3O7S.C2H6/c1-7(22-2)23-13(21)8(14)3-4-10(17)16-9(6-24)12(20)15-5-11(18)19;1-2/h7-9,24H,3-6,14H2,1-2H3,(H,15,20)(H,16,17)(H,18,19);1-2H3. The monoisotopic (exact) mass is 395 g/mol. The topological polar surface area (TPSA) is 157 Å². The molecule has 26 heavy (non-hydrogen) atoms. The smallest absolute Gasteiger partial charge is 0.325 e. The zero-order chi connectivity index (χ0) is 20.7. The Bertz CT molecular complexity index is 463. The minimum absolute atomic E-state index is 0.0110. The zero-order valence-corrected chi connectivity index (χ0v) is 16.4. The van der Waals surface area contributed by atoms with Crippen molar-refractivity contribution in [2.75, 3.05) is 19.4 Å². The van der Waals surface area contributed by atoms with Crippen LogP contribution in [0, 0.1) is 0 Å². The van der Waals surface area contributed by atoms with Crippen LogP contribution in [0.5, 0.6) is 0 Å². The Kier molecular flexibility index (Phi) is 15.6. The van der Waals surface area contributed by atoms with E-state index in [-0.39, 0.29) is 18.6 Å². The molecule has 3 atom stereocenters. The summed E-state index contributed by atoms with van der Waals surface area (Å²) in [7, 11) is 1.36. The first kappa shape index (κ1) is 26.4. The van der Waals surface area contributed by atoms with Crippen LogP contribution in [0.2, 0.25) is 0 Å². The summed E-state index contributed by atoms with van der Waals surface area (Å²) in [6.07, 6.45) is -0.852. The van der Waals surface area contributed by atoms with Gasteiger partial charge in [0.25, 0.3) is 0 Å². The summed E-state index contributed by atoms with van der Waals surface area (Å²) in [5.41, 5.74) is 5.60. The summed E-state index contributed by atoms with van der Waals surface area (Å²) >= 11 is 3.93. The van der Waals surface area contributed by atoms with Crippen molar-refractivity contribution in [1.82, 2.24) is 10.6 Å². The number of carboxylic acids is 1. The number of carbonyl (C=O) groups is 4. The van der Waals surface area contributed by atoms with Gasteiger partial charge >= 0.3 is 11.9 Å². The fourth-order valence-electron chi connectivity index (χ4n) is 1.45. The van der Waals surface area contributed by atoms with Crippen LogP contribution in [0.25, 0.3) is 0 Å². The molecule has 2 amide bonds. The van der Waals surface area contributed by atoms with Gasteiger partial charge in [-0.1, -0.05) is 13.8 Å². The first-order chi connectivity index (χ1) is 12.2. The molecule has 0 aromatic carbocycles. The minimum Gasteiger partial charge on any atom is -0.480 e. The van der Waals surface area contributed by atoms with Gasteiger partial charge < -0.3 is 30.9 Å². The van der Waals surface area contributed by atoms with Crippen LogP contribution >= 0.6 is 12.6 Å². The molecular weight excluding hydrogens is 366 g/mol. The number of esters is 1. The first-order valence-electron chi connectivity index (χ1n) is 8.09. The molecule has 5 N–H and O–H groups in total. The van der Waals surface area contributed by atoms with E-state index in [1.165, 1.54) is 14.0 Å². The maximum Gasteiger partial charge on any atom is 0.325 e. The van der Waals surface area contributed by atoms with Crippen LogP contribution in [0.3, 0.4) is 0 Å². The fourth-order valence-corrected chi connectivity index (χ4v) is 1.71. The number of ether oxygens (including phenoxy) is 2. The van der Waals surface area contributed by atoms with Gasteiger partial charge in [0, 0.05) is 19.3 Å². The lowest BCUT2D eigenvalue weighted by molar-refractivity contribution is -0.171.